The molecule has 152 valence electrons. The van der Waals surface area contributed by atoms with E-state index < -0.39 is 0 Å². The molecule has 0 aliphatic carbocycles. The van der Waals surface area contributed by atoms with Crippen molar-refractivity contribution in [3.63, 3.8) is 0 Å². The molecule has 3 aromatic rings. The number of thiazole rings is 1. The van der Waals surface area contributed by atoms with Crippen LogP contribution >= 0.6 is 22.7 Å². The zero-order valence-electron chi connectivity index (χ0n) is 16.9. The first kappa shape index (κ1) is 20.2. The van der Waals surface area contributed by atoms with E-state index in [-0.39, 0.29) is 5.91 Å². The molecule has 1 saturated heterocycles. The molecule has 0 radical (unpaired) electrons. The van der Waals surface area contributed by atoms with Crippen LogP contribution in [-0.4, -0.2) is 58.4 Å². The van der Waals surface area contributed by atoms with Crippen molar-refractivity contribution in [3.05, 3.63) is 58.2 Å². The summed E-state index contributed by atoms with van der Waals surface area (Å²) in [6.45, 7) is 5.02. The number of rotatable bonds is 6. The van der Waals surface area contributed by atoms with Gasteiger partial charge in [-0.1, -0.05) is 12.1 Å². The predicted molar refractivity (Wildman–Crippen MR) is 120 cm³/mol. The summed E-state index contributed by atoms with van der Waals surface area (Å²) in [5.41, 5.74) is 1.98. The van der Waals surface area contributed by atoms with Gasteiger partial charge in [0.15, 0.2) is 0 Å². The summed E-state index contributed by atoms with van der Waals surface area (Å²) < 4.78 is 0. The Kier molecular flexibility index (Phi) is 6.37. The summed E-state index contributed by atoms with van der Waals surface area (Å²) in [6, 6.07) is 10.4. The van der Waals surface area contributed by atoms with Crippen molar-refractivity contribution in [3.8, 4) is 9.88 Å². The molecular weight excluding hydrogens is 400 g/mol. The molecular formula is C22H26N4OS2. The van der Waals surface area contributed by atoms with Gasteiger partial charge in [0.05, 0.1) is 10.6 Å². The van der Waals surface area contributed by atoms with Crippen LogP contribution in [0.5, 0.6) is 0 Å². The summed E-state index contributed by atoms with van der Waals surface area (Å²) in [6.07, 6.45) is 4.86. The van der Waals surface area contributed by atoms with Gasteiger partial charge in [0.1, 0.15) is 9.88 Å². The summed E-state index contributed by atoms with van der Waals surface area (Å²) in [5.74, 6) is 0.106. The number of amides is 1. The first-order chi connectivity index (χ1) is 14.1. The second-order valence-electron chi connectivity index (χ2n) is 7.47. The van der Waals surface area contributed by atoms with E-state index in [1.807, 2.05) is 48.6 Å². The molecule has 0 saturated carbocycles. The number of carbonyl (C=O) groups excluding carboxylic acids is 1. The first-order valence-electron chi connectivity index (χ1n) is 10.0. The molecule has 1 fully saturated rings. The van der Waals surface area contributed by atoms with Gasteiger partial charge in [0.25, 0.3) is 5.91 Å². The van der Waals surface area contributed by atoms with Gasteiger partial charge in [0.2, 0.25) is 0 Å². The van der Waals surface area contributed by atoms with E-state index in [0.29, 0.717) is 6.04 Å². The molecule has 0 N–H and O–H groups in total. The number of aryl methyl sites for hydroxylation is 1. The molecule has 0 spiro atoms. The molecule has 0 aromatic carbocycles. The average molecular weight is 427 g/mol. The highest BCUT2D eigenvalue weighted by Crippen LogP contribution is 2.32. The molecule has 1 aliphatic rings. The van der Waals surface area contributed by atoms with E-state index in [1.165, 1.54) is 11.3 Å². The van der Waals surface area contributed by atoms with Crippen molar-refractivity contribution in [1.29, 1.82) is 0 Å². The van der Waals surface area contributed by atoms with Crippen LogP contribution in [0.1, 0.15) is 33.9 Å². The molecule has 3 aromatic heterocycles. The largest absolute Gasteiger partial charge is 0.338 e. The lowest BCUT2D eigenvalue weighted by atomic mass is 10.0. The fraction of sp³-hybridized carbons (Fsp3) is 0.409. The number of piperidine rings is 1. The van der Waals surface area contributed by atoms with Crippen LogP contribution in [0, 0.1) is 6.92 Å². The smallest absolute Gasteiger partial charge is 0.265 e. The molecule has 4 heterocycles. The van der Waals surface area contributed by atoms with Gasteiger partial charge in [0, 0.05) is 51.0 Å². The van der Waals surface area contributed by atoms with Crippen molar-refractivity contribution in [1.82, 2.24) is 19.8 Å². The van der Waals surface area contributed by atoms with Crippen LogP contribution in [0.25, 0.3) is 9.88 Å². The highest BCUT2D eigenvalue weighted by molar-refractivity contribution is 7.22. The lowest BCUT2D eigenvalue weighted by Gasteiger charge is -2.36. The maximum atomic E-state index is 13.1. The highest BCUT2D eigenvalue weighted by atomic mass is 32.1. The third kappa shape index (κ3) is 4.74. The van der Waals surface area contributed by atoms with E-state index in [2.05, 4.69) is 27.0 Å². The normalized spacial score (nSPS) is 15.5. The molecule has 0 atom stereocenters. The fourth-order valence-corrected chi connectivity index (χ4v) is 5.62. The number of likely N-dealkylation sites (tertiary alicyclic amines) is 1. The van der Waals surface area contributed by atoms with Gasteiger partial charge in [-0.25, -0.2) is 4.98 Å². The standard InChI is InChI=1S/C22H26N4OS2/c1-16-20(29-21(24-16)19-7-5-15-28-19)22(27)25(2)18-9-13-26(14-10-18)12-8-17-6-3-4-11-23-17/h3-7,11,15,18H,8-10,12-14H2,1-2H3. The predicted octanol–water partition coefficient (Wildman–Crippen LogP) is 4.35. The van der Waals surface area contributed by atoms with Crippen LogP contribution < -0.4 is 0 Å². The summed E-state index contributed by atoms with van der Waals surface area (Å²) >= 11 is 3.18. The number of pyridine rings is 1. The Morgan fingerprint density at radius 2 is 2.07 bits per heavy atom. The topological polar surface area (TPSA) is 49.3 Å². The minimum absolute atomic E-state index is 0.106. The van der Waals surface area contributed by atoms with Gasteiger partial charge in [-0.3, -0.25) is 9.78 Å². The van der Waals surface area contributed by atoms with Crippen LogP contribution in [0.2, 0.25) is 0 Å². The van der Waals surface area contributed by atoms with Crippen LogP contribution in [0.15, 0.2) is 41.9 Å². The minimum Gasteiger partial charge on any atom is -0.338 e. The van der Waals surface area contributed by atoms with Crippen LogP contribution in [0.4, 0.5) is 0 Å². The van der Waals surface area contributed by atoms with Crippen molar-refractivity contribution in [2.45, 2.75) is 32.2 Å². The monoisotopic (exact) mass is 426 g/mol. The Bertz CT molecular complexity index is 931. The zero-order valence-corrected chi connectivity index (χ0v) is 18.5. The number of aromatic nitrogens is 2. The van der Waals surface area contributed by atoms with E-state index in [0.717, 1.165) is 65.0 Å². The third-order valence-corrected chi connectivity index (χ3v) is 7.74. The average Bonchev–Trinajstić information content (AvgIpc) is 3.42. The number of carbonyl (C=O) groups is 1. The quantitative estimate of drug-likeness (QED) is 0.588. The lowest BCUT2D eigenvalue weighted by molar-refractivity contribution is 0.0647. The van der Waals surface area contributed by atoms with Gasteiger partial charge < -0.3 is 9.80 Å². The first-order valence-corrected chi connectivity index (χ1v) is 11.7. The number of thiophene rings is 1. The molecule has 5 nitrogen and oxygen atoms in total. The lowest BCUT2D eigenvalue weighted by Crippen LogP contribution is -2.46. The summed E-state index contributed by atoms with van der Waals surface area (Å²) in [7, 11) is 1.94. The molecule has 0 bridgehead atoms. The van der Waals surface area contributed by atoms with Crippen molar-refractivity contribution in [2.75, 3.05) is 26.7 Å². The highest BCUT2D eigenvalue weighted by Gasteiger charge is 2.28. The number of nitrogens with zero attached hydrogens (tertiary/aromatic N) is 4. The minimum atomic E-state index is 0.106. The Morgan fingerprint density at radius 3 is 2.76 bits per heavy atom. The molecule has 1 amide bonds. The maximum Gasteiger partial charge on any atom is 0.265 e. The third-order valence-electron chi connectivity index (χ3n) is 5.56. The van der Waals surface area contributed by atoms with Gasteiger partial charge >= 0.3 is 0 Å². The second kappa shape index (κ2) is 9.15. The SMILES string of the molecule is Cc1nc(-c2cccs2)sc1C(=O)N(C)C1CCN(CCc2ccccn2)CC1. The molecule has 7 heteroatoms. The molecule has 4 rings (SSSR count). The second-order valence-corrected chi connectivity index (χ2v) is 9.42. The number of hydrogen-bond acceptors (Lipinski definition) is 6. The van der Waals surface area contributed by atoms with E-state index >= 15 is 0 Å². The van der Waals surface area contributed by atoms with Gasteiger partial charge in [-0.15, -0.1) is 22.7 Å². The van der Waals surface area contributed by atoms with E-state index in [1.54, 1.807) is 11.3 Å². The van der Waals surface area contributed by atoms with Crippen molar-refractivity contribution >= 4 is 28.6 Å². The Hall–Kier alpha value is -2.09. The molecule has 0 unspecified atom stereocenters. The van der Waals surface area contributed by atoms with Crippen molar-refractivity contribution < 1.29 is 4.79 Å². The maximum absolute atomic E-state index is 13.1. The summed E-state index contributed by atoms with van der Waals surface area (Å²) in [4.78, 5) is 28.5. The van der Waals surface area contributed by atoms with E-state index in [4.69, 9.17) is 0 Å². The molecule has 1 aliphatic heterocycles. The summed E-state index contributed by atoms with van der Waals surface area (Å²) in [5, 5.41) is 2.99. The Morgan fingerprint density at radius 1 is 1.24 bits per heavy atom. The van der Waals surface area contributed by atoms with E-state index in [9.17, 15) is 4.79 Å². The Balaban J connectivity index is 1.32. The van der Waals surface area contributed by atoms with Gasteiger partial charge in [-0.05, 0) is 43.3 Å². The fourth-order valence-electron chi connectivity index (χ4n) is 3.78. The Labute approximate surface area is 180 Å². The van der Waals surface area contributed by atoms with Crippen molar-refractivity contribution in [2.24, 2.45) is 0 Å². The van der Waals surface area contributed by atoms with Crippen LogP contribution in [0.3, 0.4) is 0 Å². The zero-order chi connectivity index (χ0) is 20.2. The molecule has 29 heavy (non-hydrogen) atoms. The van der Waals surface area contributed by atoms with Gasteiger partial charge in [-0.2, -0.15) is 0 Å². The van der Waals surface area contributed by atoms with Crippen LogP contribution in [-0.2, 0) is 6.42 Å². The number of hydrogen-bond donors (Lipinski definition) is 0.